The van der Waals surface area contributed by atoms with Crippen molar-refractivity contribution < 1.29 is 9.22 Å². The highest BCUT2D eigenvalue weighted by Gasteiger charge is 2.28. The van der Waals surface area contributed by atoms with Gasteiger partial charge in [-0.15, -0.1) is 0 Å². The lowest BCUT2D eigenvalue weighted by molar-refractivity contribution is -0.134. The summed E-state index contributed by atoms with van der Waals surface area (Å²) in [5.41, 5.74) is 0.482. The molecule has 0 saturated carbocycles. The Kier molecular flexibility index (Phi) is 18.8. The minimum absolute atomic E-state index is 0.0196. The highest BCUT2D eigenvalue weighted by molar-refractivity contribution is 6.05. The molecule has 0 amide bonds. The maximum Gasteiger partial charge on any atom is 0.291 e. The predicted molar refractivity (Wildman–Crippen MR) is 123 cm³/mol. The van der Waals surface area contributed by atoms with Gasteiger partial charge in [0.1, 0.15) is 0 Å². The Morgan fingerprint density at radius 2 is 1.07 bits per heavy atom. The lowest BCUT2D eigenvalue weighted by atomic mass is 9.71. The largest absolute Gasteiger partial charge is 0.529 e. The summed E-state index contributed by atoms with van der Waals surface area (Å²) >= 11 is 0. The summed E-state index contributed by atoms with van der Waals surface area (Å²) in [6.45, 7) is 6.91. The van der Waals surface area contributed by atoms with Crippen molar-refractivity contribution >= 4 is 16.5 Å². The van der Waals surface area contributed by atoms with E-state index in [0.717, 1.165) is 6.42 Å². The van der Waals surface area contributed by atoms with Gasteiger partial charge in [-0.1, -0.05) is 104 Å². The summed E-state index contributed by atoms with van der Waals surface area (Å²) in [7, 11) is 0.536. The van der Waals surface area contributed by atoms with Gasteiger partial charge in [0.15, 0.2) is 0 Å². The van der Waals surface area contributed by atoms with Crippen LogP contribution in [0.25, 0.3) is 0 Å². The summed E-state index contributed by atoms with van der Waals surface area (Å²) < 4.78 is 5.00. The van der Waals surface area contributed by atoms with E-state index in [4.69, 9.17) is 4.43 Å². The molecule has 0 aliphatic rings. The molecule has 0 fully saturated rings. The van der Waals surface area contributed by atoms with E-state index in [9.17, 15) is 4.79 Å². The second-order valence-electron chi connectivity index (χ2n) is 8.72. The summed E-state index contributed by atoms with van der Waals surface area (Å²) in [4.78, 5) is 11.6. The van der Waals surface area contributed by atoms with Crippen LogP contribution in [0.5, 0.6) is 0 Å². The van der Waals surface area contributed by atoms with E-state index in [1.165, 1.54) is 109 Å². The minimum atomic E-state index is 0.0196. The number of hydrogen-bond donors (Lipinski definition) is 0. The smallest absolute Gasteiger partial charge is 0.291 e. The molecule has 2 nitrogen and oxygen atoms in total. The number of hydrogen-bond acceptors (Lipinski definition) is 2. The van der Waals surface area contributed by atoms with Gasteiger partial charge in [0.25, 0.3) is 5.97 Å². The molecule has 162 valence electrons. The third kappa shape index (κ3) is 15.3. The summed E-state index contributed by atoms with van der Waals surface area (Å²) in [6.07, 6.45) is 24.8. The van der Waals surface area contributed by atoms with Crippen molar-refractivity contribution in [1.29, 1.82) is 0 Å². The van der Waals surface area contributed by atoms with Crippen molar-refractivity contribution in [2.75, 3.05) is 0 Å². The van der Waals surface area contributed by atoms with Crippen molar-refractivity contribution in [2.45, 2.75) is 143 Å². The molecule has 3 heteroatoms. The first-order valence-corrected chi connectivity index (χ1v) is 13.0. The molecule has 0 radical (unpaired) electrons. The molecule has 0 bridgehead atoms. The zero-order chi connectivity index (χ0) is 20.2. The first-order chi connectivity index (χ1) is 13.1. The monoisotopic (exact) mass is 398 g/mol. The molecule has 0 heterocycles. The van der Waals surface area contributed by atoms with Gasteiger partial charge in [-0.2, -0.15) is 0 Å². The Morgan fingerprint density at radius 3 is 1.52 bits per heavy atom. The molecular weight excluding hydrogens is 348 g/mol. The number of rotatable bonds is 20. The molecule has 0 spiro atoms. The first kappa shape index (κ1) is 26.7. The fraction of sp³-hybridized carbons (Fsp3) is 0.958. The zero-order valence-corrected chi connectivity index (χ0v) is 21.3. The molecule has 0 saturated heterocycles. The van der Waals surface area contributed by atoms with Crippen LogP contribution in [0.15, 0.2) is 0 Å². The van der Waals surface area contributed by atoms with Gasteiger partial charge in [-0.25, -0.2) is 0 Å². The van der Waals surface area contributed by atoms with E-state index in [1.54, 1.807) is 0 Å². The van der Waals surface area contributed by atoms with Gasteiger partial charge in [-0.3, -0.25) is 4.79 Å². The van der Waals surface area contributed by atoms with Crippen LogP contribution in [0.1, 0.15) is 143 Å². The van der Waals surface area contributed by atoms with Gasteiger partial charge < -0.3 is 4.43 Å². The molecular formula is C24H50O2Si. The lowest BCUT2D eigenvalue weighted by Gasteiger charge is -2.34. The Bertz CT molecular complexity index is 314. The van der Waals surface area contributed by atoms with E-state index in [-0.39, 0.29) is 5.97 Å². The van der Waals surface area contributed by atoms with Gasteiger partial charge in [0.05, 0.1) is 0 Å². The van der Waals surface area contributed by atoms with Crippen LogP contribution in [0.4, 0.5) is 0 Å². The summed E-state index contributed by atoms with van der Waals surface area (Å²) in [6, 6.07) is 0. The Hall–Kier alpha value is -0.313. The average Bonchev–Trinajstić information content (AvgIpc) is 2.67. The highest BCUT2D eigenvalue weighted by atomic mass is 28.2. The molecule has 0 aromatic rings. The molecule has 0 aliphatic carbocycles. The normalized spacial score (nSPS) is 11.8. The SMILES string of the molecule is CCCCCCCCC(CCC)(CCCCCCCC)CCCC(=O)O[SiH3]. The van der Waals surface area contributed by atoms with Gasteiger partial charge in [0.2, 0.25) is 10.5 Å². The summed E-state index contributed by atoms with van der Waals surface area (Å²) in [5, 5.41) is 0. The van der Waals surface area contributed by atoms with Crippen molar-refractivity contribution in [3.8, 4) is 0 Å². The Balaban J connectivity index is 4.50. The number of carbonyl (C=O) groups excluding carboxylic acids is 1. The molecule has 27 heavy (non-hydrogen) atoms. The lowest BCUT2D eigenvalue weighted by Crippen LogP contribution is -2.22. The van der Waals surface area contributed by atoms with Crippen molar-refractivity contribution in [3.63, 3.8) is 0 Å². The van der Waals surface area contributed by atoms with Gasteiger partial charge in [0, 0.05) is 6.42 Å². The number of carbonyl (C=O) groups is 1. The first-order valence-electron chi connectivity index (χ1n) is 12.2. The second kappa shape index (κ2) is 19.0. The Labute approximate surface area is 174 Å². The molecule has 0 unspecified atom stereocenters. The average molecular weight is 399 g/mol. The minimum Gasteiger partial charge on any atom is -0.529 e. The topological polar surface area (TPSA) is 26.3 Å². The molecule has 0 aromatic heterocycles. The molecule has 0 rings (SSSR count). The fourth-order valence-electron chi connectivity index (χ4n) is 4.55. The molecule has 0 aromatic carbocycles. The van der Waals surface area contributed by atoms with Crippen LogP contribution < -0.4 is 0 Å². The van der Waals surface area contributed by atoms with Crippen molar-refractivity contribution in [1.82, 2.24) is 0 Å². The van der Waals surface area contributed by atoms with E-state index in [0.29, 0.717) is 22.3 Å². The summed E-state index contributed by atoms with van der Waals surface area (Å²) in [5.74, 6) is 0.0196. The van der Waals surface area contributed by atoms with Crippen LogP contribution in [-0.4, -0.2) is 16.5 Å². The fourth-order valence-corrected chi connectivity index (χ4v) is 4.75. The predicted octanol–water partition coefficient (Wildman–Crippen LogP) is 7.27. The standard InChI is InChI=1S/C24H50O2Si/c1-4-7-9-11-13-15-20-24(19-6-3,22-17-18-23(25)26-27)21-16-14-12-10-8-5-2/h4-22H2,1-3,27H3. The van der Waals surface area contributed by atoms with Crippen molar-refractivity contribution in [3.05, 3.63) is 0 Å². The van der Waals surface area contributed by atoms with Crippen LogP contribution >= 0.6 is 0 Å². The maximum absolute atomic E-state index is 11.6. The van der Waals surface area contributed by atoms with E-state index < -0.39 is 0 Å². The number of unbranched alkanes of at least 4 members (excludes halogenated alkanes) is 10. The van der Waals surface area contributed by atoms with Gasteiger partial charge >= 0.3 is 0 Å². The van der Waals surface area contributed by atoms with Gasteiger partial charge in [-0.05, 0) is 37.5 Å². The van der Waals surface area contributed by atoms with Crippen LogP contribution in [0, 0.1) is 5.41 Å². The van der Waals surface area contributed by atoms with Crippen LogP contribution in [0.3, 0.4) is 0 Å². The van der Waals surface area contributed by atoms with E-state index in [2.05, 4.69) is 20.8 Å². The quantitative estimate of drug-likeness (QED) is 0.159. The van der Waals surface area contributed by atoms with Crippen LogP contribution in [0.2, 0.25) is 0 Å². The third-order valence-corrected chi connectivity index (χ3v) is 6.67. The van der Waals surface area contributed by atoms with Crippen molar-refractivity contribution in [2.24, 2.45) is 5.41 Å². The van der Waals surface area contributed by atoms with E-state index in [1.807, 2.05) is 0 Å². The second-order valence-corrected chi connectivity index (χ2v) is 9.12. The molecule has 0 aliphatic heterocycles. The molecule has 0 N–H and O–H groups in total. The third-order valence-electron chi connectivity index (χ3n) is 6.22. The highest BCUT2D eigenvalue weighted by Crippen LogP contribution is 2.41. The van der Waals surface area contributed by atoms with E-state index >= 15 is 0 Å². The molecule has 0 atom stereocenters. The Morgan fingerprint density at radius 1 is 0.630 bits per heavy atom. The zero-order valence-electron chi connectivity index (χ0n) is 19.3. The maximum atomic E-state index is 11.6. The van der Waals surface area contributed by atoms with Crippen LogP contribution in [-0.2, 0) is 9.22 Å².